The van der Waals surface area contributed by atoms with Crippen molar-refractivity contribution in [3.05, 3.63) is 11.8 Å². The summed E-state index contributed by atoms with van der Waals surface area (Å²) in [4.78, 5) is 0. The first-order valence-corrected chi connectivity index (χ1v) is 19.2. The van der Waals surface area contributed by atoms with Crippen LogP contribution in [0.25, 0.3) is 0 Å². The summed E-state index contributed by atoms with van der Waals surface area (Å²) < 4.78 is 13.1. The van der Waals surface area contributed by atoms with Crippen molar-refractivity contribution in [3.63, 3.8) is 0 Å². The molecule has 4 aliphatic carbocycles. The number of hydrogen-bond acceptors (Lipinski definition) is 2. The van der Waals surface area contributed by atoms with Gasteiger partial charge in [-0.25, -0.2) is 0 Å². The number of allylic oxidation sites excluding steroid dienone is 2. The van der Waals surface area contributed by atoms with Gasteiger partial charge in [-0.3, -0.25) is 0 Å². The molecule has 0 radical (unpaired) electrons. The minimum absolute atomic E-state index is 0.456. The number of fused-ring (bicyclic) bond motifs is 5. The molecule has 2 nitrogen and oxygen atoms in total. The van der Waals surface area contributed by atoms with Gasteiger partial charge >= 0.3 is 0 Å². The lowest BCUT2D eigenvalue weighted by atomic mass is 9.45. The molecule has 4 rings (SSSR count). The van der Waals surface area contributed by atoms with Crippen molar-refractivity contribution in [2.24, 2.45) is 34.5 Å². The molecule has 29 heavy (non-hydrogen) atoms. The molecular weight excluding hydrogens is 388 g/mol. The Bertz CT molecular complexity index is 661. The lowest BCUT2D eigenvalue weighted by molar-refractivity contribution is -0.113. The Morgan fingerprint density at radius 1 is 0.897 bits per heavy atom. The summed E-state index contributed by atoms with van der Waals surface area (Å²) in [7, 11) is -2.95. The Morgan fingerprint density at radius 2 is 1.62 bits per heavy atom. The van der Waals surface area contributed by atoms with E-state index in [2.05, 4.69) is 59.2 Å². The fourth-order valence-electron chi connectivity index (χ4n) is 7.80. The highest BCUT2D eigenvalue weighted by molar-refractivity contribution is 6.70. The summed E-state index contributed by atoms with van der Waals surface area (Å²) in [5.41, 5.74) is 0.997. The van der Waals surface area contributed by atoms with E-state index in [9.17, 15) is 0 Å². The van der Waals surface area contributed by atoms with Gasteiger partial charge in [0.15, 0.2) is 8.32 Å². The third kappa shape index (κ3) is 4.32. The molecule has 0 heterocycles. The molecule has 0 bridgehead atoms. The first kappa shape index (κ1) is 22.1. The van der Waals surface area contributed by atoms with Gasteiger partial charge < -0.3 is 8.85 Å². The molecule has 0 aliphatic heterocycles. The Labute approximate surface area is 182 Å². The lowest BCUT2D eigenvalue weighted by Gasteiger charge is -2.60. The average Bonchev–Trinajstić information content (AvgIpc) is 2.88. The van der Waals surface area contributed by atoms with E-state index >= 15 is 0 Å². The SMILES string of the molecule is CC12CCC3C(CC[C@H]4C[C@@H](O[Si](C)(C)C)CCC34C)C1C=C(O[Si](C)(C)C)C2. The molecule has 166 valence electrons. The van der Waals surface area contributed by atoms with Crippen molar-refractivity contribution < 1.29 is 8.85 Å². The second kappa shape index (κ2) is 7.23. The van der Waals surface area contributed by atoms with E-state index in [4.69, 9.17) is 8.85 Å². The van der Waals surface area contributed by atoms with Crippen molar-refractivity contribution in [2.75, 3.05) is 0 Å². The van der Waals surface area contributed by atoms with Gasteiger partial charge in [-0.05, 0) is 125 Å². The highest BCUT2D eigenvalue weighted by Crippen LogP contribution is 2.66. The van der Waals surface area contributed by atoms with Crippen molar-refractivity contribution in [3.8, 4) is 0 Å². The minimum Gasteiger partial charge on any atom is -0.548 e. The fourth-order valence-corrected chi connectivity index (χ4v) is 9.94. The third-order valence-corrected chi connectivity index (χ3v) is 10.8. The normalized spacial score (nSPS) is 45.1. The Balaban J connectivity index is 1.51. The third-order valence-electron chi connectivity index (χ3n) is 8.89. The molecule has 0 amide bonds. The van der Waals surface area contributed by atoms with E-state index in [1.807, 2.05) is 0 Å². The summed E-state index contributed by atoms with van der Waals surface area (Å²) >= 11 is 0. The number of rotatable bonds is 4. The maximum absolute atomic E-state index is 6.57. The highest BCUT2D eigenvalue weighted by atomic mass is 28.4. The first-order chi connectivity index (χ1) is 13.3. The van der Waals surface area contributed by atoms with Crippen molar-refractivity contribution >= 4 is 16.6 Å². The van der Waals surface area contributed by atoms with Crippen LogP contribution in [-0.2, 0) is 8.85 Å². The summed E-state index contributed by atoms with van der Waals surface area (Å²) in [6.45, 7) is 19.3. The van der Waals surface area contributed by atoms with Gasteiger partial charge in [0.05, 0.1) is 5.76 Å². The van der Waals surface area contributed by atoms with Crippen molar-refractivity contribution in [1.82, 2.24) is 0 Å². The molecule has 7 atom stereocenters. The topological polar surface area (TPSA) is 18.5 Å². The van der Waals surface area contributed by atoms with Gasteiger partial charge in [-0.15, -0.1) is 0 Å². The predicted molar refractivity (Wildman–Crippen MR) is 128 cm³/mol. The number of hydrogen-bond donors (Lipinski definition) is 0. The Hall–Kier alpha value is -0.0662. The molecule has 4 heteroatoms. The molecule has 0 N–H and O–H groups in total. The predicted octanol–water partition coefficient (Wildman–Crippen LogP) is 7.59. The van der Waals surface area contributed by atoms with Crippen LogP contribution in [0.15, 0.2) is 11.8 Å². The molecular formula is C25H46O2Si2. The molecule has 5 unspecified atom stereocenters. The van der Waals surface area contributed by atoms with Crippen LogP contribution in [-0.4, -0.2) is 22.7 Å². The molecule has 0 aromatic carbocycles. The molecule has 0 aromatic rings. The van der Waals surface area contributed by atoms with Crippen LogP contribution in [0.2, 0.25) is 39.3 Å². The summed E-state index contributed by atoms with van der Waals surface area (Å²) in [5, 5.41) is 0. The van der Waals surface area contributed by atoms with Crippen LogP contribution in [0.3, 0.4) is 0 Å². The quantitative estimate of drug-likeness (QED) is 0.424. The van der Waals surface area contributed by atoms with Crippen LogP contribution in [0.1, 0.15) is 65.2 Å². The van der Waals surface area contributed by atoms with Crippen LogP contribution in [0.5, 0.6) is 0 Å². The molecule has 0 saturated heterocycles. The zero-order chi connectivity index (χ0) is 21.2. The molecule has 4 aliphatic rings. The maximum Gasteiger partial charge on any atom is 0.241 e. The van der Waals surface area contributed by atoms with Crippen LogP contribution < -0.4 is 0 Å². The first-order valence-electron chi connectivity index (χ1n) is 12.4. The summed E-state index contributed by atoms with van der Waals surface area (Å²) in [5.74, 6) is 4.77. The molecule has 0 spiro atoms. The monoisotopic (exact) mass is 434 g/mol. The average molecular weight is 435 g/mol. The molecule has 3 saturated carbocycles. The van der Waals surface area contributed by atoms with Crippen LogP contribution in [0, 0.1) is 34.5 Å². The Kier molecular flexibility index (Phi) is 5.52. The van der Waals surface area contributed by atoms with Gasteiger partial charge in [0.1, 0.15) is 0 Å². The smallest absolute Gasteiger partial charge is 0.241 e. The van der Waals surface area contributed by atoms with E-state index in [0.717, 1.165) is 23.7 Å². The molecule has 0 aromatic heterocycles. The second-order valence-corrected chi connectivity index (χ2v) is 22.3. The van der Waals surface area contributed by atoms with Gasteiger partial charge in [-0.1, -0.05) is 13.8 Å². The largest absolute Gasteiger partial charge is 0.548 e. The van der Waals surface area contributed by atoms with E-state index in [0.29, 0.717) is 16.9 Å². The zero-order valence-corrected chi connectivity index (χ0v) is 22.4. The highest BCUT2D eigenvalue weighted by Gasteiger charge is 2.58. The van der Waals surface area contributed by atoms with Crippen LogP contribution >= 0.6 is 0 Å². The fraction of sp³-hybridized carbons (Fsp3) is 0.920. The van der Waals surface area contributed by atoms with Crippen molar-refractivity contribution in [2.45, 2.75) is 111 Å². The van der Waals surface area contributed by atoms with Gasteiger partial charge in [0, 0.05) is 12.5 Å². The van der Waals surface area contributed by atoms with Gasteiger partial charge in [-0.2, -0.15) is 0 Å². The van der Waals surface area contributed by atoms with Crippen molar-refractivity contribution in [1.29, 1.82) is 0 Å². The summed E-state index contributed by atoms with van der Waals surface area (Å²) in [6, 6.07) is 0. The minimum atomic E-state index is -1.51. The standard InChI is InChI=1S/C25H46O2Si2/c1-24-13-12-22-21(23(24)16-20(17-24)27-29(6,7)8)10-9-18-15-19(26-28(3,4)5)11-14-25(18,22)2/h16,18-19,21-23H,9-15,17H2,1-8H3/t18-,19-,21?,22?,23?,24?,25?/m0/s1. The molecule has 3 fully saturated rings. The van der Waals surface area contributed by atoms with E-state index in [-0.39, 0.29) is 0 Å². The Morgan fingerprint density at radius 3 is 2.28 bits per heavy atom. The van der Waals surface area contributed by atoms with Crippen LogP contribution in [0.4, 0.5) is 0 Å². The zero-order valence-electron chi connectivity index (χ0n) is 20.4. The second-order valence-electron chi connectivity index (χ2n) is 13.4. The summed E-state index contributed by atoms with van der Waals surface area (Å²) in [6.07, 6.45) is 14.0. The van der Waals surface area contributed by atoms with Gasteiger partial charge in [0.2, 0.25) is 8.32 Å². The lowest BCUT2D eigenvalue weighted by Crippen LogP contribution is -2.53. The maximum atomic E-state index is 6.57. The van der Waals surface area contributed by atoms with E-state index < -0.39 is 16.6 Å². The van der Waals surface area contributed by atoms with E-state index in [1.54, 1.807) is 0 Å². The van der Waals surface area contributed by atoms with E-state index in [1.165, 1.54) is 57.1 Å². The van der Waals surface area contributed by atoms with Gasteiger partial charge in [0.25, 0.3) is 0 Å².